The number of likely N-dealkylation sites (N-methyl/N-ethyl adjacent to an activating group) is 1. The van der Waals surface area contributed by atoms with E-state index in [1.165, 1.54) is 6.42 Å². The Kier molecular flexibility index (Phi) is 2.36. The zero-order valence-corrected chi connectivity index (χ0v) is 9.62. The van der Waals surface area contributed by atoms with Gasteiger partial charge < -0.3 is 9.80 Å². The quantitative estimate of drug-likeness (QED) is 0.659. The fourth-order valence-corrected chi connectivity index (χ4v) is 2.99. The summed E-state index contributed by atoms with van der Waals surface area (Å²) in [6, 6.07) is 5.93. The van der Waals surface area contributed by atoms with E-state index in [0.29, 0.717) is 6.04 Å². The van der Waals surface area contributed by atoms with Crippen LogP contribution >= 0.6 is 0 Å². The summed E-state index contributed by atoms with van der Waals surface area (Å²) < 4.78 is 13.7. The molecule has 0 aromatic heterocycles. The molecule has 86 valence electrons. The lowest BCUT2D eigenvalue weighted by Crippen LogP contribution is -2.37. The van der Waals surface area contributed by atoms with Crippen molar-refractivity contribution in [2.24, 2.45) is 0 Å². The van der Waals surface area contributed by atoms with Crippen LogP contribution in [-0.4, -0.2) is 37.6 Å². The number of hydrogen-bond acceptors (Lipinski definition) is 2. The molecule has 0 amide bonds. The fourth-order valence-electron chi connectivity index (χ4n) is 2.99. The summed E-state index contributed by atoms with van der Waals surface area (Å²) in [4.78, 5) is 4.75. The largest absolute Gasteiger partial charge is 0.367 e. The van der Waals surface area contributed by atoms with E-state index in [4.69, 9.17) is 0 Å². The molecule has 1 aromatic rings. The van der Waals surface area contributed by atoms with Gasteiger partial charge in [0.25, 0.3) is 0 Å². The highest BCUT2D eigenvalue weighted by Gasteiger charge is 2.32. The number of nitrogens with zero attached hydrogens (tertiary/aromatic N) is 2. The van der Waals surface area contributed by atoms with Gasteiger partial charge in [0, 0.05) is 30.4 Å². The zero-order chi connectivity index (χ0) is 11.1. The molecule has 0 saturated carbocycles. The second kappa shape index (κ2) is 3.74. The minimum Gasteiger partial charge on any atom is -0.367 e. The summed E-state index contributed by atoms with van der Waals surface area (Å²) in [6.07, 6.45) is 2.04. The van der Waals surface area contributed by atoms with Gasteiger partial charge in [0.2, 0.25) is 0 Å². The Morgan fingerprint density at radius 3 is 3.06 bits per heavy atom. The molecule has 16 heavy (non-hydrogen) atoms. The van der Waals surface area contributed by atoms with Gasteiger partial charge in [-0.2, -0.15) is 0 Å². The molecule has 0 bridgehead atoms. The van der Waals surface area contributed by atoms with Gasteiger partial charge in [-0.3, -0.25) is 0 Å². The Morgan fingerprint density at radius 2 is 2.19 bits per heavy atom. The van der Waals surface area contributed by atoms with E-state index in [2.05, 4.69) is 22.9 Å². The lowest BCUT2D eigenvalue weighted by atomic mass is 10.1. The second-order valence-corrected chi connectivity index (χ2v) is 4.90. The number of anilines is 1. The standard InChI is InChI=1S/C13H17FN2/c1-15-6-3-7-16-10(9-15)8-11-12(14)4-2-5-13(11)16/h2,4-5,10H,3,6-9H2,1H3. The smallest absolute Gasteiger partial charge is 0.128 e. The van der Waals surface area contributed by atoms with Crippen LogP contribution in [0.2, 0.25) is 0 Å². The Labute approximate surface area is 95.7 Å². The highest BCUT2D eigenvalue weighted by molar-refractivity contribution is 5.60. The van der Waals surface area contributed by atoms with Gasteiger partial charge >= 0.3 is 0 Å². The molecule has 1 aromatic carbocycles. The van der Waals surface area contributed by atoms with Gasteiger partial charge in [0.05, 0.1) is 0 Å². The van der Waals surface area contributed by atoms with E-state index in [1.807, 2.05) is 6.07 Å². The van der Waals surface area contributed by atoms with Crippen molar-refractivity contribution in [3.63, 3.8) is 0 Å². The summed E-state index contributed by atoms with van der Waals surface area (Å²) in [5.74, 6) is -0.0340. The van der Waals surface area contributed by atoms with Crippen LogP contribution in [0.4, 0.5) is 10.1 Å². The van der Waals surface area contributed by atoms with Gasteiger partial charge in [0.15, 0.2) is 0 Å². The van der Waals surface area contributed by atoms with Crippen molar-refractivity contribution in [2.45, 2.75) is 18.9 Å². The van der Waals surface area contributed by atoms with Gasteiger partial charge in [-0.25, -0.2) is 4.39 Å². The maximum Gasteiger partial charge on any atom is 0.128 e. The summed E-state index contributed by atoms with van der Waals surface area (Å²) >= 11 is 0. The maximum atomic E-state index is 13.7. The van der Waals surface area contributed by atoms with Crippen LogP contribution in [0, 0.1) is 5.82 Å². The monoisotopic (exact) mass is 220 g/mol. The molecule has 0 spiro atoms. The Bertz CT molecular complexity index is 405. The number of rotatable bonds is 0. The molecule has 1 atom stereocenters. The van der Waals surface area contributed by atoms with E-state index in [1.54, 1.807) is 6.07 Å². The number of fused-ring (bicyclic) bond motifs is 3. The first-order valence-corrected chi connectivity index (χ1v) is 5.98. The Hall–Kier alpha value is -1.09. The molecular formula is C13H17FN2. The van der Waals surface area contributed by atoms with E-state index >= 15 is 0 Å². The van der Waals surface area contributed by atoms with Crippen LogP contribution in [0.1, 0.15) is 12.0 Å². The molecular weight excluding hydrogens is 203 g/mol. The third-order valence-electron chi connectivity index (χ3n) is 3.75. The molecule has 0 N–H and O–H groups in total. The van der Waals surface area contributed by atoms with E-state index in [-0.39, 0.29) is 5.82 Å². The van der Waals surface area contributed by atoms with Gasteiger partial charge in [-0.05, 0) is 38.6 Å². The van der Waals surface area contributed by atoms with Crippen LogP contribution in [-0.2, 0) is 6.42 Å². The average Bonchev–Trinajstić information content (AvgIpc) is 2.49. The van der Waals surface area contributed by atoms with Crippen LogP contribution in [0.3, 0.4) is 0 Å². The summed E-state index contributed by atoms with van der Waals surface area (Å²) in [5.41, 5.74) is 2.04. The summed E-state index contributed by atoms with van der Waals surface area (Å²) in [7, 11) is 2.16. The van der Waals surface area contributed by atoms with Crippen molar-refractivity contribution in [1.29, 1.82) is 0 Å². The molecule has 2 aliphatic rings. The Balaban J connectivity index is 1.97. The number of halogens is 1. The van der Waals surface area contributed by atoms with Crippen LogP contribution in [0.25, 0.3) is 0 Å². The summed E-state index contributed by atoms with van der Waals surface area (Å²) in [5, 5.41) is 0. The predicted molar refractivity (Wildman–Crippen MR) is 63.4 cm³/mol. The van der Waals surface area contributed by atoms with Crippen molar-refractivity contribution >= 4 is 5.69 Å². The minimum absolute atomic E-state index is 0.0340. The molecule has 3 rings (SSSR count). The van der Waals surface area contributed by atoms with Crippen LogP contribution in [0.5, 0.6) is 0 Å². The van der Waals surface area contributed by atoms with Crippen molar-refractivity contribution < 1.29 is 4.39 Å². The van der Waals surface area contributed by atoms with E-state index in [9.17, 15) is 4.39 Å². The first kappa shape index (κ1) is 10.1. The van der Waals surface area contributed by atoms with Crippen LogP contribution in [0.15, 0.2) is 18.2 Å². The number of benzene rings is 1. The average molecular weight is 220 g/mol. The highest BCUT2D eigenvalue weighted by atomic mass is 19.1. The van der Waals surface area contributed by atoms with Crippen molar-refractivity contribution in [3.05, 3.63) is 29.6 Å². The summed E-state index contributed by atoms with van der Waals surface area (Å²) in [6.45, 7) is 3.26. The van der Waals surface area contributed by atoms with Gasteiger partial charge in [0.1, 0.15) is 5.82 Å². The normalized spacial score (nSPS) is 25.1. The van der Waals surface area contributed by atoms with Crippen molar-refractivity contribution in [2.75, 3.05) is 31.6 Å². The molecule has 2 aliphatic heterocycles. The lowest BCUT2D eigenvalue weighted by molar-refractivity contribution is 0.332. The molecule has 3 heteroatoms. The maximum absolute atomic E-state index is 13.7. The first-order valence-electron chi connectivity index (χ1n) is 5.98. The van der Waals surface area contributed by atoms with Crippen molar-refractivity contribution in [1.82, 2.24) is 4.90 Å². The van der Waals surface area contributed by atoms with Gasteiger partial charge in [-0.1, -0.05) is 6.07 Å². The fraction of sp³-hybridized carbons (Fsp3) is 0.538. The molecule has 1 saturated heterocycles. The van der Waals surface area contributed by atoms with Gasteiger partial charge in [-0.15, -0.1) is 0 Å². The van der Waals surface area contributed by atoms with Crippen LogP contribution < -0.4 is 4.90 Å². The van der Waals surface area contributed by atoms with Crippen molar-refractivity contribution in [3.8, 4) is 0 Å². The molecule has 1 fully saturated rings. The predicted octanol–water partition coefficient (Wildman–Crippen LogP) is 1.89. The molecule has 0 aliphatic carbocycles. The minimum atomic E-state index is -0.0340. The Morgan fingerprint density at radius 1 is 1.31 bits per heavy atom. The first-order chi connectivity index (χ1) is 7.75. The molecule has 1 unspecified atom stereocenters. The molecule has 0 radical (unpaired) electrons. The second-order valence-electron chi connectivity index (χ2n) is 4.90. The zero-order valence-electron chi connectivity index (χ0n) is 9.62. The van der Waals surface area contributed by atoms with E-state index in [0.717, 1.165) is 37.3 Å². The third-order valence-corrected chi connectivity index (χ3v) is 3.75. The van der Waals surface area contributed by atoms with E-state index < -0.39 is 0 Å². The lowest BCUT2D eigenvalue weighted by Gasteiger charge is -2.25. The highest BCUT2D eigenvalue weighted by Crippen LogP contribution is 2.35. The molecule has 2 nitrogen and oxygen atoms in total. The third kappa shape index (κ3) is 1.50. The number of hydrogen-bond donors (Lipinski definition) is 0. The molecule has 2 heterocycles. The SMILES string of the molecule is CN1CCCN2c3cccc(F)c3CC2C1. The topological polar surface area (TPSA) is 6.48 Å².